The zero-order chi connectivity index (χ0) is 29.7. The molecule has 0 aliphatic heterocycles. The fraction of sp³-hybridized carbons (Fsp3) is 0.286. The summed E-state index contributed by atoms with van der Waals surface area (Å²) in [4.78, 5) is 47.9. The highest BCUT2D eigenvalue weighted by Crippen LogP contribution is 2.28. The molecule has 0 atom stereocenters. The van der Waals surface area contributed by atoms with E-state index in [4.69, 9.17) is 12.2 Å². The van der Waals surface area contributed by atoms with Crippen LogP contribution in [0.3, 0.4) is 0 Å². The fourth-order valence-corrected chi connectivity index (χ4v) is 12.3. The summed E-state index contributed by atoms with van der Waals surface area (Å²) in [6, 6.07) is 0. The maximum Gasteiger partial charge on any atom is 0.449 e. The average Bonchev–Trinajstić information content (AvgIpc) is 3.49. The number of aromatic amines is 4. The molecule has 39 heavy (non-hydrogen) atoms. The van der Waals surface area contributed by atoms with Crippen LogP contribution in [-0.2, 0) is 76.7 Å². The van der Waals surface area contributed by atoms with Crippen molar-refractivity contribution in [3.8, 4) is 0 Å². The van der Waals surface area contributed by atoms with E-state index in [1.807, 2.05) is 15.0 Å². The molecule has 0 aromatic carbocycles. The van der Waals surface area contributed by atoms with E-state index in [9.17, 15) is 40.7 Å². The van der Waals surface area contributed by atoms with Gasteiger partial charge in [0.15, 0.2) is 11.3 Å². The van der Waals surface area contributed by atoms with E-state index in [1.54, 1.807) is 18.4 Å². The van der Waals surface area contributed by atoms with Gasteiger partial charge in [-0.15, -0.1) is 0 Å². The molecule has 0 amide bonds. The standard InChI is InChI=1S/C7H5F3N4O2.C7H5F3N4OS.P2S5/c1-14-3-2(4(15)13-6(14)16)11-5(12-3)7(8,9)10;1-14-3-2(4(16)13-6(14)15)11-5(12-3)7(8,9)10;3-1-2-5-7-6-4/h2*1H3,(H,11,12)(H,13,15,16);. The van der Waals surface area contributed by atoms with E-state index in [2.05, 4.69) is 37.9 Å². The van der Waals surface area contributed by atoms with Gasteiger partial charge in [-0.25, -0.2) is 19.6 Å². The number of H-pyrrole nitrogens is 4. The van der Waals surface area contributed by atoms with E-state index >= 15 is 0 Å². The summed E-state index contributed by atoms with van der Waals surface area (Å²) in [6.07, 6.45) is -9.29. The molecular formula is C14H10F6N8O3P2S6. The van der Waals surface area contributed by atoms with Crippen molar-refractivity contribution in [2.75, 3.05) is 0 Å². The van der Waals surface area contributed by atoms with E-state index in [-0.39, 0.29) is 27.0 Å². The van der Waals surface area contributed by atoms with Crippen LogP contribution < -0.4 is 16.9 Å². The van der Waals surface area contributed by atoms with Gasteiger partial charge in [0.1, 0.15) is 15.7 Å². The Morgan fingerprint density at radius 3 is 1.74 bits per heavy atom. The Morgan fingerprint density at radius 1 is 0.821 bits per heavy atom. The van der Waals surface area contributed by atoms with Gasteiger partial charge in [-0.3, -0.25) is 23.9 Å². The smallest absolute Gasteiger partial charge is 0.331 e. The number of aromatic nitrogens is 8. The normalized spacial score (nSPS) is 11.6. The van der Waals surface area contributed by atoms with Crippen LogP contribution in [0.1, 0.15) is 11.6 Å². The molecule has 0 spiro atoms. The molecule has 25 heteroatoms. The van der Waals surface area contributed by atoms with Crippen LogP contribution in [0, 0.1) is 4.64 Å². The molecule has 4 N–H and O–H groups in total. The summed E-state index contributed by atoms with van der Waals surface area (Å²) in [5.41, 5.74) is -3.21. The van der Waals surface area contributed by atoms with E-state index in [1.165, 1.54) is 30.0 Å². The molecule has 0 bridgehead atoms. The first-order valence-electron chi connectivity index (χ1n) is 9.20. The number of nitrogens with zero attached hydrogens (tertiary/aromatic N) is 4. The molecule has 11 nitrogen and oxygen atoms in total. The minimum absolute atomic E-state index is 0.00979. The molecule has 0 saturated heterocycles. The minimum Gasteiger partial charge on any atom is -0.331 e. The highest BCUT2D eigenvalue weighted by atomic mass is 33.3. The molecule has 0 aliphatic carbocycles. The van der Waals surface area contributed by atoms with Crippen molar-refractivity contribution in [3.05, 3.63) is 47.6 Å². The first-order valence-corrected chi connectivity index (χ1v) is 18.1. The number of hydrogen-bond donors (Lipinski definition) is 4. The van der Waals surface area contributed by atoms with Gasteiger partial charge >= 0.3 is 23.7 Å². The summed E-state index contributed by atoms with van der Waals surface area (Å²) in [7, 11) is 9.34. The lowest BCUT2D eigenvalue weighted by Gasteiger charge is -1.98. The van der Waals surface area contributed by atoms with Gasteiger partial charge < -0.3 is 9.97 Å². The van der Waals surface area contributed by atoms with Crippen LogP contribution in [0.25, 0.3) is 22.3 Å². The number of hydrogen-bond acceptors (Lipinski definition) is 8. The van der Waals surface area contributed by atoms with Gasteiger partial charge in [0.05, 0.1) is 0 Å². The Bertz CT molecular complexity index is 1800. The third kappa shape index (κ3) is 8.49. The Hall–Kier alpha value is -2.00. The predicted molar refractivity (Wildman–Crippen MR) is 149 cm³/mol. The van der Waals surface area contributed by atoms with Crippen molar-refractivity contribution in [1.29, 1.82) is 0 Å². The van der Waals surface area contributed by atoms with Crippen LogP contribution in [0.5, 0.6) is 0 Å². The van der Waals surface area contributed by atoms with Gasteiger partial charge in [0, 0.05) is 28.2 Å². The summed E-state index contributed by atoms with van der Waals surface area (Å²) in [5.74, 6) is -2.49. The molecule has 0 aliphatic rings. The molecular weight excluding hydrogens is 697 g/mol. The molecule has 4 rings (SSSR count). The lowest BCUT2D eigenvalue weighted by Crippen LogP contribution is -2.28. The summed E-state index contributed by atoms with van der Waals surface area (Å²) < 4.78 is 75.7. The van der Waals surface area contributed by atoms with Crippen molar-refractivity contribution in [2.24, 2.45) is 14.1 Å². The summed E-state index contributed by atoms with van der Waals surface area (Å²) in [5, 5.41) is 0. The lowest BCUT2D eigenvalue weighted by molar-refractivity contribution is -0.144. The van der Waals surface area contributed by atoms with Gasteiger partial charge in [0.2, 0.25) is 11.6 Å². The molecule has 4 aromatic rings. The van der Waals surface area contributed by atoms with Crippen LogP contribution in [0.4, 0.5) is 26.3 Å². The number of halogens is 6. The van der Waals surface area contributed by atoms with Gasteiger partial charge in [-0.1, -0.05) is 12.2 Å². The molecule has 212 valence electrons. The van der Waals surface area contributed by atoms with Crippen molar-refractivity contribution < 1.29 is 26.3 Å². The Morgan fingerprint density at radius 2 is 1.28 bits per heavy atom. The second-order valence-corrected chi connectivity index (χ2v) is 16.7. The Kier molecular flexibility index (Phi) is 11.6. The number of alkyl halides is 6. The third-order valence-corrected chi connectivity index (χ3v) is 14.5. The average molecular weight is 707 g/mol. The number of aryl methyl sites for hydroxylation is 2. The highest BCUT2D eigenvalue weighted by Gasteiger charge is 2.36. The zero-order valence-corrected chi connectivity index (χ0v) is 25.3. The van der Waals surface area contributed by atoms with E-state index < -0.39 is 40.9 Å². The van der Waals surface area contributed by atoms with Crippen molar-refractivity contribution in [1.82, 2.24) is 39.0 Å². The SMILES string of the molecule is Cn1c(=O)[nH]c(=O)c2[nH]c(C(F)(F)F)nc21.Cn1c(=O)[nH]c(=S)c2[nH]c(C(F)(F)F)nc21.S=PP=S=S=S=S. The molecule has 0 unspecified atom stereocenters. The van der Waals surface area contributed by atoms with Crippen LogP contribution >= 0.6 is 26.3 Å². The van der Waals surface area contributed by atoms with Gasteiger partial charge in [-0.2, -0.15) is 26.3 Å². The zero-order valence-electron chi connectivity index (χ0n) is 18.6. The number of fused-ring (bicyclic) bond motifs is 2. The number of nitrogens with one attached hydrogen (secondary N) is 4. The largest absolute Gasteiger partial charge is 0.449 e. The lowest BCUT2D eigenvalue weighted by atomic mass is 10.5. The van der Waals surface area contributed by atoms with Crippen molar-refractivity contribution in [3.63, 3.8) is 0 Å². The maximum absolute atomic E-state index is 12.4. The Balaban J connectivity index is 0.000000222. The number of rotatable bonds is 1. The van der Waals surface area contributed by atoms with Crippen molar-refractivity contribution >= 4 is 98.9 Å². The van der Waals surface area contributed by atoms with E-state index in [0.29, 0.717) is 0 Å². The maximum atomic E-state index is 12.4. The molecule has 4 aromatic heterocycles. The number of imidazole rings is 2. The van der Waals surface area contributed by atoms with Crippen LogP contribution in [0.2, 0.25) is 0 Å². The quantitative estimate of drug-likeness (QED) is 0.134. The summed E-state index contributed by atoms with van der Waals surface area (Å²) in [6.45, 7) is 0. The van der Waals surface area contributed by atoms with Gasteiger partial charge in [0.25, 0.3) is 5.56 Å². The molecule has 0 fully saturated rings. The van der Waals surface area contributed by atoms with Crippen LogP contribution in [0.15, 0.2) is 14.4 Å². The van der Waals surface area contributed by atoms with Crippen LogP contribution in [-0.4, -0.2) is 39.0 Å². The first-order chi connectivity index (χ1) is 18.0. The highest BCUT2D eigenvalue weighted by molar-refractivity contribution is 8.63. The third-order valence-electron chi connectivity index (χ3n) is 4.17. The summed E-state index contributed by atoms with van der Waals surface area (Å²) >= 11 is 14.0. The first kappa shape index (κ1) is 33.2. The van der Waals surface area contributed by atoms with Gasteiger partial charge in [-0.05, 0) is 50.3 Å². The molecule has 4 heterocycles. The molecule has 0 saturated carbocycles. The predicted octanol–water partition coefficient (Wildman–Crippen LogP) is 3.02. The monoisotopic (exact) mass is 706 g/mol. The second kappa shape index (κ2) is 13.6. The van der Waals surface area contributed by atoms with Crippen molar-refractivity contribution in [2.45, 2.75) is 12.4 Å². The topological polar surface area (TPSA) is 150 Å². The van der Waals surface area contributed by atoms with E-state index in [0.717, 1.165) is 16.2 Å². The Labute approximate surface area is 237 Å². The second-order valence-electron chi connectivity index (χ2n) is 6.57. The molecule has 0 radical (unpaired) electrons. The fourth-order valence-electron chi connectivity index (χ4n) is 2.52. The minimum atomic E-state index is -4.69.